The van der Waals surface area contributed by atoms with Crippen LogP contribution in [-0.2, 0) is 9.53 Å². The van der Waals surface area contributed by atoms with Gasteiger partial charge in [0.2, 0.25) is 0 Å². The highest BCUT2D eigenvalue weighted by Crippen LogP contribution is 2.37. The number of ether oxygens (including phenoxy) is 1. The standard InChI is InChI=1S/C11H20O2/c1-4-10(12)11(13-3)8-6-5-7-9(11)2/h9H,4-8H2,1-3H3. The number of carbonyl (C=O) groups excluding carboxylic acids is 1. The average molecular weight is 184 g/mol. The molecule has 0 N–H and O–H groups in total. The van der Waals surface area contributed by atoms with Gasteiger partial charge in [0.1, 0.15) is 5.60 Å². The summed E-state index contributed by atoms with van der Waals surface area (Å²) in [6.07, 6.45) is 5.00. The van der Waals surface area contributed by atoms with Crippen LogP contribution >= 0.6 is 0 Å². The second kappa shape index (κ2) is 4.23. The Morgan fingerprint density at radius 3 is 2.69 bits per heavy atom. The third-order valence-electron chi connectivity index (χ3n) is 3.39. The van der Waals surface area contributed by atoms with Crippen LogP contribution in [0.25, 0.3) is 0 Å². The van der Waals surface area contributed by atoms with Crippen molar-refractivity contribution in [2.45, 2.75) is 51.6 Å². The number of rotatable bonds is 3. The largest absolute Gasteiger partial charge is 0.370 e. The average Bonchev–Trinajstić information content (AvgIpc) is 2.18. The summed E-state index contributed by atoms with van der Waals surface area (Å²) >= 11 is 0. The van der Waals surface area contributed by atoms with Crippen LogP contribution in [0, 0.1) is 5.92 Å². The fourth-order valence-corrected chi connectivity index (χ4v) is 2.45. The Balaban J connectivity index is 2.82. The van der Waals surface area contributed by atoms with E-state index in [2.05, 4.69) is 6.92 Å². The fourth-order valence-electron chi connectivity index (χ4n) is 2.45. The monoisotopic (exact) mass is 184 g/mol. The lowest BCUT2D eigenvalue weighted by molar-refractivity contribution is -0.152. The maximum atomic E-state index is 11.8. The highest BCUT2D eigenvalue weighted by molar-refractivity contribution is 5.87. The minimum Gasteiger partial charge on any atom is -0.370 e. The summed E-state index contributed by atoms with van der Waals surface area (Å²) in [7, 11) is 1.68. The SMILES string of the molecule is CCC(=O)C1(OC)CCCCC1C. The molecule has 2 heteroatoms. The third kappa shape index (κ3) is 1.78. The molecule has 2 unspecified atom stereocenters. The molecule has 0 aromatic carbocycles. The minimum absolute atomic E-state index is 0.280. The highest BCUT2D eigenvalue weighted by Gasteiger charge is 2.43. The Kier molecular flexibility index (Phi) is 3.48. The first kappa shape index (κ1) is 10.7. The lowest BCUT2D eigenvalue weighted by Crippen LogP contribution is -2.48. The molecule has 1 aliphatic rings. The summed E-state index contributed by atoms with van der Waals surface area (Å²) in [5, 5.41) is 0. The van der Waals surface area contributed by atoms with Gasteiger partial charge in [-0.1, -0.05) is 26.7 Å². The van der Waals surface area contributed by atoms with Crippen molar-refractivity contribution < 1.29 is 9.53 Å². The first-order valence-corrected chi connectivity index (χ1v) is 5.25. The summed E-state index contributed by atoms with van der Waals surface area (Å²) in [6, 6.07) is 0. The maximum Gasteiger partial charge on any atom is 0.164 e. The number of methoxy groups -OCH3 is 1. The van der Waals surface area contributed by atoms with E-state index >= 15 is 0 Å². The Morgan fingerprint density at radius 2 is 2.23 bits per heavy atom. The predicted octanol–water partition coefficient (Wildman–Crippen LogP) is 2.56. The lowest BCUT2D eigenvalue weighted by Gasteiger charge is -2.40. The van der Waals surface area contributed by atoms with Crippen LogP contribution in [0.15, 0.2) is 0 Å². The van der Waals surface area contributed by atoms with Gasteiger partial charge in [0.05, 0.1) is 0 Å². The second-order valence-corrected chi connectivity index (χ2v) is 4.02. The van der Waals surface area contributed by atoms with E-state index in [1.807, 2.05) is 6.92 Å². The van der Waals surface area contributed by atoms with Gasteiger partial charge in [-0.05, 0) is 18.8 Å². The molecule has 0 saturated heterocycles. The van der Waals surface area contributed by atoms with Crippen LogP contribution < -0.4 is 0 Å². The lowest BCUT2D eigenvalue weighted by atomic mass is 9.73. The quantitative estimate of drug-likeness (QED) is 0.673. The molecule has 1 fully saturated rings. The molecule has 13 heavy (non-hydrogen) atoms. The molecule has 0 bridgehead atoms. The Bertz CT molecular complexity index is 189. The molecule has 0 aromatic heterocycles. The summed E-state index contributed by atoms with van der Waals surface area (Å²) < 4.78 is 5.49. The summed E-state index contributed by atoms with van der Waals surface area (Å²) in [5.74, 6) is 0.668. The van der Waals surface area contributed by atoms with Gasteiger partial charge >= 0.3 is 0 Å². The second-order valence-electron chi connectivity index (χ2n) is 4.02. The number of ketones is 1. The van der Waals surface area contributed by atoms with Crippen LogP contribution in [0.5, 0.6) is 0 Å². The molecule has 1 saturated carbocycles. The number of carbonyl (C=O) groups is 1. The van der Waals surface area contributed by atoms with Crippen molar-refractivity contribution in [1.82, 2.24) is 0 Å². The topological polar surface area (TPSA) is 26.3 Å². The van der Waals surface area contributed by atoms with E-state index in [9.17, 15) is 4.79 Å². The van der Waals surface area contributed by atoms with E-state index in [1.54, 1.807) is 7.11 Å². The molecule has 0 amide bonds. The van der Waals surface area contributed by atoms with E-state index in [1.165, 1.54) is 6.42 Å². The van der Waals surface area contributed by atoms with Gasteiger partial charge in [-0.15, -0.1) is 0 Å². The molecule has 1 aliphatic carbocycles. The zero-order valence-corrected chi connectivity index (χ0v) is 8.93. The van der Waals surface area contributed by atoms with E-state index in [4.69, 9.17) is 4.74 Å². The summed E-state index contributed by atoms with van der Waals surface area (Å²) in [4.78, 5) is 11.8. The number of Topliss-reactive ketones (excluding diaryl/α,β-unsaturated/α-hetero) is 1. The zero-order chi connectivity index (χ0) is 9.90. The first-order chi connectivity index (χ1) is 6.17. The molecule has 2 nitrogen and oxygen atoms in total. The molecular weight excluding hydrogens is 164 g/mol. The zero-order valence-electron chi connectivity index (χ0n) is 8.93. The highest BCUT2D eigenvalue weighted by atomic mass is 16.5. The van der Waals surface area contributed by atoms with Gasteiger partial charge < -0.3 is 4.74 Å². The number of hydrogen-bond donors (Lipinski definition) is 0. The molecule has 1 rings (SSSR count). The van der Waals surface area contributed by atoms with Crippen molar-refractivity contribution in [3.63, 3.8) is 0 Å². The van der Waals surface area contributed by atoms with Crippen molar-refractivity contribution in [2.75, 3.05) is 7.11 Å². The Hall–Kier alpha value is -0.370. The van der Waals surface area contributed by atoms with Crippen molar-refractivity contribution in [3.05, 3.63) is 0 Å². The van der Waals surface area contributed by atoms with Gasteiger partial charge in [0.25, 0.3) is 0 Å². The minimum atomic E-state index is -0.451. The van der Waals surface area contributed by atoms with Gasteiger partial charge in [0, 0.05) is 13.5 Å². The van der Waals surface area contributed by atoms with Gasteiger partial charge in [-0.25, -0.2) is 0 Å². The number of hydrogen-bond acceptors (Lipinski definition) is 2. The van der Waals surface area contributed by atoms with Crippen LogP contribution in [0.4, 0.5) is 0 Å². The third-order valence-corrected chi connectivity index (χ3v) is 3.39. The summed E-state index contributed by atoms with van der Waals surface area (Å²) in [5.41, 5.74) is -0.451. The van der Waals surface area contributed by atoms with E-state index < -0.39 is 5.60 Å². The molecule has 0 aromatic rings. The predicted molar refractivity (Wildman–Crippen MR) is 52.7 cm³/mol. The Labute approximate surface area is 80.7 Å². The normalized spacial score (nSPS) is 34.5. The summed E-state index contributed by atoms with van der Waals surface area (Å²) in [6.45, 7) is 4.06. The van der Waals surface area contributed by atoms with Crippen molar-refractivity contribution >= 4 is 5.78 Å². The smallest absolute Gasteiger partial charge is 0.164 e. The molecular formula is C11H20O2. The molecule has 0 radical (unpaired) electrons. The van der Waals surface area contributed by atoms with E-state index in [0.29, 0.717) is 12.3 Å². The maximum absolute atomic E-state index is 11.8. The molecule has 2 atom stereocenters. The van der Waals surface area contributed by atoms with Gasteiger partial charge in [0.15, 0.2) is 5.78 Å². The van der Waals surface area contributed by atoms with Crippen molar-refractivity contribution in [3.8, 4) is 0 Å². The van der Waals surface area contributed by atoms with Crippen LogP contribution in [0.1, 0.15) is 46.0 Å². The Morgan fingerprint density at radius 1 is 1.54 bits per heavy atom. The molecule has 76 valence electrons. The van der Waals surface area contributed by atoms with Crippen LogP contribution in [-0.4, -0.2) is 18.5 Å². The van der Waals surface area contributed by atoms with Gasteiger partial charge in [-0.2, -0.15) is 0 Å². The van der Waals surface area contributed by atoms with E-state index in [-0.39, 0.29) is 5.78 Å². The van der Waals surface area contributed by atoms with Crippen molar-refractivity contribution in [1.29, 1.82) is 0 Å². The molecule has 0 aliphatic heterocycles. The van der Waals surface area contributed by atoms with E-state index in [0.717, 1.165) is 19.3 Å². The van der Waals surface area contributed by atoms with Gasteiger partial charge in [-0.3, -0.25) is 4.79 Å². The first-order valence-electron chi connectivity index (χ1n) is 5.25. The van der Waals surface area contributed by atoms with Crippen LogP contribution in [0.2, 0.25) is 0 Å². The van der Waals surface area contributed by atoms with Crippen molar-refractivity contribution in [2.24, 2.45) is 5.92 Å². The fraction of sp³-hybridized carbons (Fsp3) is 0.909. The molecule has 0 spiro atoms. The van der Waals surface area contributed by atoms with Crippen LogP contribution in [0.3, 0.4) is 0 Å². The molecule has 0 heterocycles.